The fourth-order valence-corrected chi connectivity index (χ4v) is 4.29. The van der Waals surface area contributed by atoms with Gasteiger partial charge in [0.15, 0.2) is 0 Å². The minimum atomic E-state index is 0.213. The van der Waals surface area contributed by atoms with Gasteiger partial charge in [-0.3, -0.25) is 4.79 Å². The van der Waals surface area contributed by atoms with E-state index < -0.39 is 0 Å². The van der Waals surface area contributed by atoms with E-state index in [4.69, 9.17) is 0 Å². The zero-order chi connectivity index (χ0) is 18.1. The molecule has 1 aromatic rings. The van der Waals surface area contributed by atoms with Crippen molar-refractivity contribution in [1.82, 2.24) is 20.2 Å². The molecule has 1 saturated carbocycles. The van der Waals surface area contributed by atoms with Crippen LogP contribution in [0.4, 0.5) is 11.6 Å². The van der Waals surface area contributed by atoms with Crippen LogP contribution in [0.1, 0.15) is 32.1 Å². The Labute approximate surface area is 155 Å². The van der Waals surface area contributed by atoms with Crippen LogP contribution in [0.2, 0.25) is 0 Å². The average molecular weight is 358 g/mol. The van der Waals surface area contributed by atoms with Gasteiger partial charge in [0.1, 0.15) is 18.0 Å². The highest BCUT2D eigenvalue weighted by Gasteiger charge is 2.37. The van der Waals surface area contributed by atoms with E-state index in [9.17, 15) is 4.79 Å². The van der Waals surface area contributed by atoms with Gasteiger partial charge in [0.2, 0.25) is 5.91 Å². The maximum Gasteiger partial charge on any atom is 0.220 e. The molecule has 1 amide bonds. The van der Waals surface area contributed by atoms with Crippen LogP contribution >= 0.6 is 0 Å². The van der Waals surface area contributed by atoms with Gasteiger partial charge in [0.05, 0.1) is 0 Å². The van der Waals surface area contributed by atoms with Crippen molar-refractivity contribution in [2.24, 2.45) is 5.92 Å². The van der Waals surface area contributed by atoms with Crippen LogP contribution in [-0.4, -0.2) is 73.1 Å². The Morgan fingerprint density at radius 1 is 1.12 bits per heavy atom. The molecule has 142 valence electrons. The van der Waals surface area contributed by atoms with E-state index in [0.717, 1.165) is 37.8 Å². The summed E-state index contributed by atoms with van der Waals surface area (Å²) in [6, 6.07) is 3.33. The van der Waals surface area contributed by atoms with Gasteiger partial charge in [0.25, 0.3) is 0 Å². The Morgan fingerprint density at radius 2 is 1.81 bits per heavy atom. The molecule has 1 atom stereocenters. The molecule has 3 aliphatic rings. The summed E-state index contributed by atoms with van der Waals surface area (Å²) in [4.78, 5) is 27.5. The van der Waals surface area contributed by atoms with Crippen molar-refractivity contribution in [1.29, 1.82) is 0 Å². The maximum atomic E-state index is 11.4. The first kappa shape index (κ1) is 17.5. The van der Waals surface area contributed by atoms with Crippen LogP contribution in [0, 0.1) is 5.92 Å². The van der Waals surface area contributed by atoms with Crippen molar-refractivity contribution in [3.63, 3.8) is 0 Å². The van der Waals surface area contributed by atoms with Gasteiger partial charge in [-0.2, -0.15) is 0 Å². The summed E-state index contributed by atoms with van der Waals surface area (Å²) in [5.74, 6) is 2.75. The standard InChI is InChI=1S/C19H30N6O/c1-23(2)17-10-18(22-13-21-17)25(15-3-4-15)16-5-7-24(8-6-16)12-14-9-19(26)20-11-14/h10,13-16H,3-9,11-12H2,1-2H3,(H,20,26). The molecule has 4 rings (SSSR count). The summed E-state index contributed by atoms with van der Waals surface area (Å²) in [6.07, 6.45) is 7.29. The fraction of sp³-hybridized carbons (Fsp3) is 0.737. The Hall–Kier alpha value is -1.89. The molecule has 1 N–H and O–H groups in total. The van der Waals surface area contributed by atoms with Gasteiger partial charge in [-0.25, -0.2) is 9.97 Å². The summed E-state index contributed by atoms with van der Waals surface area (Å²) in [5.41, 5.74) is 0. The van der Waals surface area contributed by atoms with E-state index >= 15 is 0 Å². The van der Waals surface area contributed by atoms with Gasteiger partial charge in [-0.15, -0.1) is 0 Å². The number of aromatic nitrogens is 2. The van der Waals surface area contributed by atoms with Crippen molar-refractivity contribution < 1.29 is 4.79 Å². The first-order chi connectivity index (χ1) is 12.6. The van der Waals surface area contributed by atoms with Crippen LogP contribution in [0.3, 0.4) is 0 Å². The molecule has 3 fully saturated rings. The number of nitrogens with one attached hydrogen (secondary N) is 1. The second-order valence-corrected chi connectivity index (χ2v) is 8.17. The highest BCUT2D eigenvalue weighted by Crippen LogP contribution is 2.36. The molecule has 0 bridgehead atoms. The maximum absolute atomic E-state index is 11.4. The number of hydrogen-bond acceptors (Lipinski definition) is 6. The highest BCUT2D eigenvalue weighted by atomic mass is 16.1. The lowest BCUT2D eigenvalue weighted by Gasteiger charge is -2.40. The fourth-order valence-electron chi connectivity index (χ4n) is 4.29. The Morgan fingerprint density at radius 3 is 2.42 bits per heavy atom. The number of likely N-dealkylation sites (tertiary alicyclic amines) is 1. The van der Waals surface area contributed by atoms with Crippen molar-refractivity contribution in [3.8, 4) is 0 Å². The second kappa shape index (κ2) is 7.39. The third kappa shape index (κ3) is 3.92. The minimum Gasteiger partial charge on any atom is -0.363 e. The van der Waals surface area contributed by atoms with Gasteiger partial charge >= 0.3 is 0 Å². The van der Waals surface area contributed by atoms with Crippen LogP contribution in [0.5, 0.6) is 0 Å². The van der Waals surface area contributed by atoms with E-state index in [1.165, 1.54) is 25.7 Å². The van der Waals surface area contributed by atoms with E-state index in [1.807, 2.05) is 19.0 Å². The molecule has 2 saturated heterocycles. The van der Waals surface area contributed by atoms with Crippen molar-refractivity contribution >= 4 is 17.5 Å². The van der Waals surface area contributed by atoms with Gasteiger partial charge < -0.3 is 20.0 Å². The van der Waals surface area contributed by atoms with Crippen LogP contribution in [0.25, 0.3) is 0 Å². The number of hydrogen-bond donors (Lipinski definition) is 1. The Kier molecular flexibility index (Phi) is 4.98. The lowest BCUT2D eigenvalue weighted by Crippen LogP contribution is -2.47. The molecule has 0 aromatic carbocycles. The molecule has 1 aromatic heterocycles. The third-order valence-electron chi connectivity index (χ3n) is 5.83. The van der Waals surface area contributed by atoms with Crippen LogP contribution < -0.4 is 15.1 Å². The lowest BCUT2D eigenvalue weighted by atomic mass is 10.0. The Balaban J connectivity index is 1.38. The summed E-state index contributed by atoms with van der Waals surface area (Å²) in [7, 11) is 4.05. The smallest absolute Gasteiger partial charge is 0.220 e. The number of piperidine rings is 1. The SMILES string of the molecule is CN(C)c1cc(N(C2CC2)C2CCN(CC3CNC(=O)C3)CC2)ncn1. The predicted molar refractivity (Wildman–Crippen MR) is 102 cm³/mol. The zero-order valence-corrected chi connectivity index (χ0v) is 15.9. The summed E-state index contributed by atoms with van der Waals surface area (Å²) >= 11 is 0. The summed E-state index contributed by atoms with van der Waals surface area (Å²) in [5, 5.41) is 2.95. The van der Waals surface area contributed by atoms with E-state index in [2.05, 4.69) is 31.2 Å². The Bertz CT molecular complexity index is 639. The third-order valence-corrected chi connectivity index (χ3v) is 5.83. The number of nitrogens with zero attached hydrogens (tertiary/aromatic N) is 5. The first-order valence-electron chi connectivity index (χ1n) is 9.87. The van der Waals surface area contributed by atoms with Crippen molar-refractivity contribution in [2.45, 2.75) is 44.2 Å². The number of amides is 1. The molecule has 0 radical (unpaired) electrons. The average Bonchev–Trinajstić information content (AvgIpc) is 3.39. The predicted octanol–water partition coefficient (Wildman–Crippen LogP) is 1.11. The molecule has 26 heavy (non-hydrogen) atoms. The van der Waals surface area contributed by atoms with Crippen molar-refractivity contribution in [3.05, 3.63) is 12.4 Å². The first-order valence-corrected chi connectivity index (χ1v) is 9.87. The largest absolute Gasteiger partial charge is 0.363 e. The summed E-state index contributed by atoms with van der Waals surface area (Å²) < 4.78 is 0. The lowest BCUT2D eigenvalue weighted by molar-refractivity contribution is -0.119. The minimum absolute atomic E-state index is 0.213. The van der Waals surface area contributed by atoms with Gasteiger partial charge in [0, 0.05) is 64.8 Å². The number of carbonyl (C=O) groups excluding carboxylic acids is 1. The van der Waals surface area contributed by atoms with E-state index in [0.29, 0.717) is 24.4 Å². The van der Waals surface area contributed by atoms with E-state index in [-0.39, 0.29) is 5.91 Å². The molecule has 1 unspecified atom stereocenters. The normalized spacial score (nSPS) is 24.5. The monoisotopic (exact) mass is 358 g/mol. The highest BCUT2D eigenvalue weighted by molar-refractivity contribution is 5.78. The van der Waals surface area contributed by atoms with Gasteiger partial charge in [-0.1, -0.05) is 0 Å². The number of anilines is 2. The molecule has 2 aliphatic heterocycles. The van der Waals surface area contributed by atoms with Crippen LogP contribution in [-0.2, 0) is 4.79 Å². The van der Waals surface area contributed by atoms with Crippen LogP contribution in [0.15, 0.2) is 12.4 Å². The molecule has 0 spiro atoms. The second-order valence-electron chi connectivity index (χ2n) is 8.17. The van der Waals surface area contributed by atoms with Crippen molar-refractivity contribution in [2.75, 3.05) is 50.1 Å². The topological polar surface area (TPSA) is 64.6 Å². The zero-order valence-electron chi connectivity index (χ0n) is 15.9. The molecular weight excluding hydrogens is 328 g/mol. The molecule has 1 aliphatic carbocycles. The van der Waals surface area contributed by atoms with E-state index in [1.54, 1.807) is 6.33 Å². The summed E-state index contributed by atoms with van der Waals surface area (Å²) in [6.45, 7) is 4.13. The molecule has 3 heterocycles. The number of rotatable bonds is 6. The number of carbonyl (C=O) groups is 1. The molecular formula is C19H30N6O. The molecule has 7 nitrogen and oxygen atoms in total. The van der Waals surface area contributed by atoms with Gasteiger partial charge in [-0.05, 0) is 31.6 Å². The molecule has 7 heteroatoms. The quantitative estimate of drug-likeness (QED) is 0.822.